The lowest BCUT2D eigenvalue weighted by atomic mass is 9.94. The Kier molecular flexibility index (Phi) is 2.95. The molecular formula is C11H17N3O2S. The molecule has 0 spiro atoms. The number of aromatic nitrogens is 2. The Morgan fingerprint density at radius 3 is 2.71 bits per heavy atom. The number of carbonyl (C=O) groups is 1. The van der Waals surface area contributed by atoms with Crippen LogP contribution in [0.2, 0.25) is 0 Å². The van der Waals surface area contributed by atoms with Gasteiger partial charge in [-0.15, -0.1) is 5.10 Å². The molecule has 1 unspecified atom stereocenters. The van der Waals surface area contributed by atoms with E-state index in [0.29, 0.717) is 4.88 Å². The van der Waals surface area contributed by atoms with Crippen molar-refractivity contribution in [3.8, 4) is 0 Å². The molecule has 1 aromatic rings. The summed E-state index contributed by atoms with van der Waals surface area (Å²) in [5, 5.41) is 6.65. The summed E-state index contributed by atoms with van der Waals surface area (Å²) in [6.07, 6.45) is 2.28. The highest BCUT2D eigenvalue weighted by Gasteiger charge is 2.46. The van der Waals surface area contributed by atoms with E-state index in [4.69, 9.17) is 4.74 Å². The molecule has 1 atom stereocenters. The lowest BCUT2D eigenvalue weighted by Gasteiger charge is -2.27. The minimum Gasteiger partial charge on any atom is -0.367 e. The average Bonchev–Trinajstić information content (AvgIpc) is 2.72. The second-order valence-corrected chi connectivity index (χ2v) is 6.26. The van der Waals surface area contributed by atoms with E-state index in [1.54, 1.807) is 0 Å². The molecule has 6 heteroatoms. The fraction of sp³-hybridized carbons (Fsp3) is 0.727. The van der Waals surface area contributed by atoms with Gasteiger partial charge >= 0.3 is 0 Å². The maximum Gasteiger partial charge on any atom is 0.264 e. The summed E-state index contributed by atoms with van der Waals surface area (Å²) in [5.41, 5.74) is -0.551. The van der Waals surface area contributed by atoms with E-state index in [0.717, 1.165) is 18.0 Å². The summed E-state index contributed by atoms with van der Waals surface area (Å²) in [5.74, 6) is -0.126. The van der Waals surface area contributed by atoms with Crippen LogP contribution in [0, 0.1) is 0 Å². The fourth-order valence-electron chi connectivity index (χ4n) is 2.28. The van der Waals surface area contributed by atoms with Gasteiger partial charge in [0.2, 0.25) is 0 Å². The summed E-state index contributed by atoms with van der Waals surface area (Å²) in [6, 6.07) is 0.00657. The number of carbonyl (C=O) groups excluding carboxylic acids is 1. The van der Waals surface area contributed by atoms with Gasteiger partial charge < -0.3 is 10.1 Å². The van der Waals surface area contributed by atoms with Crippen molar-refractivity contribution >= 4 is 17.4 Å². The van der Waals surface area contributed by atoms with Gasteiger partial charge in [0.15, 0.2) is 0 Å². The highest BCUT2D eigenvalue weighted by molar-refractivity contribution is 7.07. The van der Waals surface area contributed by atoms with Crippen LogP contribution < -0.4 is 5.32 Å². The zero-order valence-electron chi connectivity index (χ0n) is 10.5. The van der Waals surface area contributed by atoms with Crippen molar-refractivity contribution in [1.82, 2.24) is 14.9 Å². The molecule has 2 heterocycles. The first-order chi connectivity index (χ1) is 7.80. The summed E-state index contributed by atoms with van der Waals surface area (Å²) < 4.78 is 9.61. The van der Waals surface area contributed by atoms with E-state index in [2.05, 4.69) is 14.9 Å². The first kappa shape index (κ1) is 12.4. The van der Waals surface area contributed by atoms with Gasteiger partial charge in [0.25, 0.3) is 5.91 Å². The SMILES string of the molecule is CC1(C)CC(NC(=O)c2cnns2)C(C)(C)O1. The van der Waals surface area contributed by atoms with Crippen molar-refractivity contribution in [2.24, 2.45) is 0 Å². The third kappa shape index (κ3) is 2.63. The molecule has 1 aromatic heterocycles. The van der Waals surface area contributed by atoms with Crippen molar-refractivity contribution in [2.45, 2.75) is 51.4 Å². The molecule has 17 heavy (non-hydrogen) atoms. The van der Waals surface area contributed by atoms with E-state index in [-0.39, 0.29) is 23.2 Å². The molecule has 0 bridgehead atoms. The highest BCUT2D eigenvalue weighted by Crippen LogP contribution is 2.37. The van der Waals surface area contributed by atoms with Crippen LogP contribution >= 0.6 is 11.5 Å². The standard InChI is InChI=1S/C11H17N3O2S/c1-10(2)5-8(11(3,4)16-10)13-9(15)7-6-12-14-17-7/h6,8H,5H2,1-4H3,(H,13,15). The molecule has 5 nitrogen and oxygen atoms in total. The number of rotatable bonds is 2. The fourth-order valence-corrected chi connectivity index (χ4v) is 2.70. The van der Waals surface area contributed by atoms with Crippen molar-refractivity contribution in [3.63, 3.8) is 0 Å². The predicted octanol–water partition coefficient (Wildman–Crippen LogP) is 1.61. The first-order valence-electron chi connectivity index (χ1n) is 5.59. The normalized spacial score (nSPS) is 25.8. The molecule has 1 fully saturated rings. The van der Waals surface area contributed by atoms with Gasteiger partial charge in [-0.05, 0) is 45.6 Å². The van der Waals surface area contributed by atoms with Crippen LogP contribution in [0.3, 0.4) is 0 Å². The number of hydrogen-bond acceptors (Lipinski definition) is 5. The molecule has 0 saturated carbocycles. The molecule has 0 aromatic carbocycles. The molecule has 1 N–H and O–H groups in total. The Morgan fingerprint density at radius 1 is 1.53 bits per heavy atom. The van der Waals surface area contributed by atoms with Crippen molar-refractivity contribution < 1.29 is 9.53 Å². The molecular weight excluding hydrogens is 238 g/mol. The third-order valence-electron chi connectivity index (χ3n) is 2.96. The van der Waals surface area contributed by atoms with E-state index >= 15 is 0 Å². The topological polar surface area (TPSA) is 64.1 Å². The van der Waals surface area contributed by atoms with Gasteiger partial charge in [0.1, 0.15) is 4.88 Å². The van der Waals surface area contributed by atoms with Crippen LogP contribution in [0.25, 0.3) is 0 Å². The smallest absolute Gasteiger partial charge is 0.264 e. The Balaban J connectivity index is 2.07. The molecule has 2 rings (SSSR count). The minimum atomic E-state index is -0.350. The van der Waals surface area contributed by atoms with Crippen LogP contribution in [0.1, 0.15) is 43.8 Å². The van der Waals surface area contributed by atoms with Gasteiger partial charge in [-0.3, -0.25) is 4.79 Å². The quantitative estimate of drug-likeness (QED) is 0.872. The Bertz CT molecular complexity index is 414. The average molecular weight is 255 g/mol. The lowest BCUT2D eigenvalue weighted by molar-refractivity contribution is -0.0693. The molecule has 1 aliphatic heterocycles. The van der Waals surface area contributed by atoms with Gasteiger partial charge in [-0.25, -0.2) is 0 Å². The number of nitrogens with zero attached hydrogens (tertiary/aromatic N) is 2. The maximum absolute atomic E-state index is 11.9. The first-order valence-corrected chi connectivity index (χ1v) is 6.36. The molecule has 0 radical (unpaired) electrons. The van der Waals surface area contributed by atoms with Gasteiger partial charge in [0.05, 0.1) is 23.4 Å². The highest BCUT2D eigenvalue weighted by atomic mass is 32.1. The minimum absolute atomic E-state index is 0.00657. The maximum atomic E-state index is 11.9. The number of amides is 1. The van der Waals surface area contributed by atoms with Crippen LogP contribution in [-0.4, -0.2) is 32.7 Å². The zero-order valence-corrected chi connectivity index (χ0v) is 11.3. The van der Waals surface area contributed by atoms with E-state index in [1.165, 1.54) is 6.20 Å². The number of nitrogens with one attached hydrogen (secondary N) is 1. The number of ether oxygens (including phenoxy) is 1. The van der Waals surface area contributed by atoms with Gasteiger partial charge in [0, 0.05) is 0 Å². The lowest BCUT2D eigenvalue weighted by Crippen LogP contribution is -2.45. The summed E-state index contributed by atoms with van der Waals surface area (Å²) in [6.45, 7) is 8.07. The predicted molar refractivity (Wildman–Crippen MR) is 65.0 cm³/mol. The Morgan fingerprint density at radius 2 is 2.24 bits per heavy atom. The van der Waals surface area contributed by atoms with Crippen molar-refractivity contribution in [2.75, 3.05) is 0 Å². The second-order valence-electron chi connectivity index (χ2n) is 5.48. The van der Waals surface area contributed by atoms with Crippen LogP contribution in [0.4, 0.5) is 0 Å². The summed E-state index contributed by atoms with van der Waals surface area (Å²) >= 11 is 1.10. The molecule has 0 aliphatic carbocycles. The summed E-state index contributed by atoms with van der Waals surface area (Å²) in [7, 11) is 0. The van der Waals surface area contributed by atoms with E-state index in [9.17, 15) is 4.79 Å². The van der Waals surface area contributed by atoms with Crippen LogP contribution in [-0.2, 0) is 4.74 Å². The van der Waals surface area contributed by atoms with Gasteiger partial charge in [-0.1, -0.05) is 4.49 Å². The van der Waals surface area contributed by atoms with E-state index < -0.39 is 0 Å². The Labute approximate surface area is 105 Å². The molecule has 1 amide bonds. The Hall–Kier alpha value is -1.01. The van der Waals surface area contributed by atoms with Crippen LogP contribution in [0.5, 0.6) is 0 Å². The second kappa shape index (κ2) is 4.03. The van der Waals surface area contributed by atoms with Crippen molar-refractivity contribution in [3.05, 3.63) is 11.1 Å². The number of hydrogen-bond donors (Lipinski definition) is 1. The molecule has 1 saturated heterocycles. The van der Waals surface area contributed by atoms with Crippen LogP contribution in [0.15, 0.2) is 6.20 Å². The third-order valence-corrected chi connectivity index (χ3v) is 3.63. The van der Waals surface area contributed by atoms with E-state index in [1.807, 2.05) is 27.7 Å². The summed E-state index contributed by atoms with van der Waals surface area (Å²) in [4.78, 5) is 12.5. The zero-order chi connectivity index (χ0) is 12.7. The largest absolute Gasteiger partial charge is 0.367 e. The van der Waals surface area contributed by atoms with Gasteiger partial charge in [-0.2, -0.15) is 0 Å². The molecule has 94 valence electrons. The monoisotopic (exact) mass is 255 g/mol. The molecule has 1 aliphatic rings. The van der Waals surface area contributed by atoms with Crippen molar-refractivity contribution in [1.29, 1.82) is 0 Å².